The number of aliphatic hydroxyl groups is 1. The monoisotopic (exact) mass is 438 g/mol. The molecule has 162 valence electrons. The highest BCUT2D eigenvalue weighted by Gasteiger charge is 2.40. The summed E-state index contributed by atoms with van der Waals surface area (Å²) in [5.41, 5.74) is -2.23. The van der Waals surface area contributed by atoms with Gasteiger partial charge in [-0.2, -0.15) is 28.1 Å². The van der Waals surface area contributed by atoms with Gasteiger partial charge in [-0.15, -0.1) is 0 Å². The van der Waals surface area contributed by atoms with Gasteiger partial charge in [-0.05, 0) is 37.1 Å². The number of hydrogen-bond acceptors (Lipinski definition) is 7. The van der Waals surface area contributed by atoms with Gasteiger partial charge in [-0.3, -0.25) is 0 Å². The maximum atomic E-state index is 13.5. The third kappa shape index (κ3) is 5.20. The first kappa shape index (κ1) is 20.8. The van der Waals surface area contributed by atoms with Gasteiger partial charge in [0.25, 0.3) is 0 Å². The molecule has 1 fully saturated rings. The van der Waals surface area contributed by atoms with Crippen molar-refractivity contribution in [3.63, 3.8) is 0 Å². The summed E-state index contributed by atoms with van der Waals surface area (Å²) in [5.74, 6) is -2.12. The van der Waals surface area contributed by atoms with E-state index in [2.05, 4.69) is 30.6 Å². The van der Waals surface area contributed by atoms with Crippen molar-refractivity contribution >= 4 is 17.6 Å². The van der Waals surface area contributed by atoms with E-state index in [0.717, 1.165) is 24.3 Å². The van der Waals surface area contributed by atoms with Gasteiger partial charge < -0.3 is 15.7 Å². The molecule has 2 heterocycles. The molecular formula is C19H15F5N6O. The molecule has 0 aliphatic heterocycles. The van der Waals surface area contributed by atoms with Crippen LogP contribution in [0.2, 0.25) is 0 Å². The Morgan fingerprint density at radius 2 is 1.61 bits per heavy atom. The van der Waals surface area contributed by atoms with Crippen LogP contribution in [-0.4, -0.2) is 37.2 Å². The Morgan fingerprint density at radius 3 is 2.26 bits per heavy atom. The minimum atomic E-state index is -4.67. The molecule has 3 aromatic rings. The fourth-order valence-corrected chi connectivity index (χ4v) is 2.66. The first-order valence-corrected chi connectivity index (χ1v) is 9.10. The summed E-state index contributed by atoms with van der Waals surface area (Å²) < 4.78 is 66.0. The van der Waals surface area contributed by atoms with Crippen molar-refractivity contribution in [2.75, 3.05) is 17.2 Å². The van der Waals surface area contributed by atoms with E-state index < -0.39 is 29.1 Å². The number of hydrogen-bond donors (Lipinski definition) is 3. The van der Waals surface area contributed by atoms with Crippen LogP contribution in [-0.2, 0) is 6.18 Å². The van der Waals surface area contributed by atoms with Crippen LogP contribution < -0.4 is 10.6 Å². The largest absolute Gasteiger partial charge is 0.433 e. The Morgan fingerprint density at radius 1 is 0.935 bits per heavy atom. The lowest BCUT2D eigenvalue weighted by Gasteiger charge is -2.13. The van der Waals surface area contributed by atoms with Crippen molar-refractivity contribution in [1.29, 1.82) is 0 Å². The normalized spacial score (nSPS) is 14.9. The number of nitrogens with one attached hydrogen (secondary N) is 2. The zero-order valence-corrected chi connectivity index (χ0v) is 15.7. The van der Waals surface area contributed by atoms with Crippen LogP contribution in [0.15, 0.2) is 36.4 Å². The van der Waals surface area contributed by atoms with Gasteiger partial charge >= 0.3 is 6.18 Å². The lowest BCUT2D eigenvalue weighted by molar-refractivity contribution is -0.141. The molecule has 4 rings (SSSR count). The molecule has 7 nitrogen and oxygen atoms in total. The van der Waals surface area contributed by atoms with Crippen LogP contribution in [0.4, 0.5) is 39.5 Å². The second-order valence-corrected chi connectivity index (χ2v) is 7.07. The molecule has 0 bridgehead atoms. The molecule has 0 amide bonds. The minimum absolute atomic E-state index is 0.0153. The third-order valence-corrected chi connectivity index (χ3v) is 4.43. The number of pyridine rings is 1. The highest BCUT2D eigenvalue weighted by molar-refractivity contribution is 5.59. The standard InChI is InChI=1S/C19H15F5N6O/c20-10-6-11(21)8-12(7-10)26-17-29-15(13-2-1-3-14(27-13)19(22,23)24)28-16(30-17)25-9-18(31)4-5-18/h1-3,6-8,31H,4-5,9H2,(H2,25,26,28,29,30). The molecule has 0 spiro atoms. The van der Waals surface area contributed by atoms with Gasteiger partial charge in [0.2, 0.25) is 11.9 Å². The molecule has 1 saturated carbocycles. The Hall–Kier alpha value is -3.41. The second-order valence-electron chi connectivity index (χ2n) is 7.07. The lowest BCUT2D eigenvalue weighted by atomic mass is 10.3. The average molecular weight is 438 g/mol. The average Bonchev–Trinajstić information content (AvgIpc) is 3.43. The number of nitrogens with zero attached hydrogens (tertiary/aromatic N) is 4. The smallest absolute Gasteiger partial charge is 0.388 e. The van der Waals surface area contributed by atoms with Crippen LogP contribution in [0.5, 0.6) is 0 Å². The Bertz CT molecular complexity index is 1100. The first-order chi connectivity index (χ1) is 14.6. The van der Waals surface area contributed by atoms with E-state index in [-0.39, 0.29) is 35.6 Å². The van der Waals surface area contributed by atoms with Crippen LogP contribution in [0.25, 0.3) is 11.5 Å². The molecule has 31 heavy (non-hydrogen) atoms. The maximum Gasteiger partial charge on any atom is 0.433 e. The van der Waals surface area contributed by atoms with E-state index in [0.29, 0.717) is 18.9 Å². The van der Waals surface area contributed by atoms with Crippen molar-refractivity contribution < 1.29 is 27.1 Å². The minimum Gasteiger partial charge on any atom is -0.388 e. The van der Waals surface area contributed by atoms with Crippen molar-refractivity contribution in [1.82, 2.24) is 19.9 Å². The number of halogens is 5. The van der Waals surface area contributed by atoms with Crippen LogP contribution in [0, 0.1) is 11.6 Å². The van der Waals surface area contributed by atoms with Crippen molar-refractivity contribution in [2.24, 2.45) is 0 Å². The Kier molecular flexibility index (Phi) is 5.17. The molecule has 12 heteroatoms. The number of benzene rings is 1. The van der Waals surface area contributed by atoms with Crippen molar-refractivity contribution in [3.8, 4) is 11.5 Å². The second kappa shape index (κ2) is 7.69. The lowest BCUT2D eigenvalue weighted by Crippen LogP contribution is -2.22. The summed E-state index contributed by atoms with van der Waals surface area (Å²) in [5, 5.41) is 15.4. The predicted octanol–water partition coefficient (Wildman–Crippen LogP) is 3.91. The predicted molar refractivity (Wildman–Crippen MR) is 100 cm³/mol. The number of alkyl halides is 3. The van der Waals surface area contributed by atoms with E-state index in [9.17, 15) is 27.1 Å². The highest BCUT2D eigenvalue weighted by atomic mass is 19.4. The molecule has 1 aliphatic carbocycles. The van der Waals surface area contributed by atoms with Gasteiger partial charge in [-0.1, -0.05) is 6.07 Å². The molecule has 1 aliphatic rings. The zero-order chi connectivity index (χ0) is 22.2. The van der Waals surface area contributed by atoms with Gasteiger partial charge in [-0.25, -0.2) is 13.8 Å². The SMILES string of the molecule is OC1(CNc2nc(Nc3cc(F)cc(F)c3)nc(-c3cccc(C(F)(F)F)n3)n2)CC1. The highest BCUT2D eigenvalue weighted by Crippen LogP contribution is 2.35. The van der Waals surface area contributed by atoms with Crippen molar-refractivity contribution in [3.05, 3.63) is 53.7 Å². The van der Waals surface area contributed by atoms with E-state index in [1.807, 2.05) is 0 Å². The Labute approximate surface area is 172 Å². The van der Waals surface area contributed by atoms with E-state index >= 15 is 0 Å². The van der Waals surface area contributed by atoms with Crippen LogP contribution in [0.1, 0.15) is 18.5 Å². The summed E-state index contributed by atoms with van der Waals surface area (Å²) in [6, 6.07) is 5.92. The van der Waals surface area contributed by atoms with Crippen LogP contribution >= 0.6 is 0 Å². The third-order valence-electron chi connectivity index (χ3n) is 4.43. The van der Waals surface area contributed by atoms with Crippen LogP contribution in [0.3, 0.4) is 0 Å². The van der Waals surface area contributed by atoms with E-state index in [1.165, 1.54) is 6.07 Å². The topological polar surface area (TPSA) is 95.8 Å². The molecular weight excluding hydrogens is 423 g/mol. The van der Waals surface area contributed by atoms with E-state index in [1.54, 1.807) is 0 Å². The summed E-state index contributed by atoms with van der Waals surface area (Å²) in [7, 11) is 0. The molecule has 1 aromatic carbocycles. The number of anilines is 3. The quantitative estimate of drug-likeness (QED) is 0.502. The number of rotatable bonds is 6. The number of aromatic nitrogens is 4. The molecule has 2 aromatic heterocycles. The fourth-order valence-electron chi connectivity index (χ4n) is 2.66. The van der Waals surface area contributed by atoms with E-state index in [4.69, 9.17) is 0 Å². The fraction of sp³-hybridized carbons (Fsp3) is 0.263. The summed E-state index contributed by atoms with van der Waals surface area (Å²) in [6.45, 7) is 0.112. The van der Waals surface area contributed by atoms with Gasteiger partial charge in [0.15, 0.2) is 5.82 Å². The van der Waals surface area contributed by atoms with Gasteiger partial charge in [0.05, 0.1) is 5.60 Å². The molecule has 0 saturated heterocycles. The van der Waals surface area contributed by atoms with Gasteiger partial charge in [0, 0.05) is 18.3 Å². The molecule has 3 N–H and O–H groups in total. The molecule has 0 atom stereocenters. The van der Waals surface area contributed by atoms with Crippen molar-refractivity contribution in [2.45, 2.75) is 24.6 Å². The Balaban J connectivity index is 1.70. The van der Waals surface area contributed by atoms with Gasteiger partial charge in [0.1, 0.15) is 23.0 Å². The zero-order valence-electron chi connectivity index (χ0n) is 15.7. The maximum absolute atomic E-state index is 13.5. The first-order valence-electron chi connectivity index (χ1n) is 9.10. The molecule has 0 radical (unpaired) electrons. The summed E-state index contributed by atoms with van der Waals surface area (Å²) in [6.07, 6.45) is -3.50. The summed E-state index contributed by atoms with van der Waals surface area (Å²) >= 11 is 0. The summed E-state index contributed by atoms with van der Waals surface area (Å²) in [4.78, 5) is 15.7. The molecule has 0 unspecified atom stereocenters.